The molecule has 16 heavy (non-hydrogen) atoms. The molecule has 0 bridgehead atoms. The average molecular weight is 294 g/mol. The Hall–Kier alpha value is -1.20. The van der Waals surface area contributed by atoms with Crippen LogP contribution in [-0.2, 0) is 6.54 Å². The summed E-state index contributed by atoms with van der Waals surface area (Å²) in [7, 11) is 0. The first-order valence-corrected chi connectivity index (χ1v) is 6.43. The van der Waals surface area contributed by atoms with Gasteiger partial charge < -0.3 is 4.57 Å². The number of fused-ring (bicyclic) bond motifs is 1. The van der Waals surface area contributed by atoms with Gasteiger partial charge in [0, 0.05) is 18.9 Å². The maximum absolute atomic E-state index is 4.37. The smallest absolute Gasteiger partial charge is 0.160 e. The fourth-order valence-electron chi connectivity index (χ4n) is 1.63. The van der Waals surface area contributed by atoms with Gasteiger partial charge in [-0.2, -0.15) is 0 Å². The van der Waals surface area contributed by atoms with Crippen molar-refractivity contribution in [2.75, 3.05) is 0 Å². The molecule has 5 heteroatoms. The van der Waals surface area contributed by atoms with Crippen molar-refractivity contribution in [1.82, 2.24) is 14.5 Å². The molecular weight excluding hydrogens is 286 g/mol. The van der Waals surface area contributed by atoms with Gasteiger partial charge in [0.2, 0.25) is 0 Å². The highest BCUT2D eigenvalue weighted by Crippen LogP contribution is 2.26. The van der Waals surface area contributed by atoms with Gasteiger partial charge in [-0.15, -0.1) is 11.3 Å². The first-order valence-electron chi connectivity index (χ1n) is 4.82. The number of rotatable bonds is 2. The van der Waals surface area contributed by atoms with Crippen LogP contribution < -0.4 is 0 Å². The summed E-state index contributed by atoms with van der Waals surface area (Å²) in [5.41, 5.74) is 2.31. The number of imidazole rings is 1. The second-order valence-electron chi connectivity index (χ2n) is 3.50. The molecular formula is C11H8BrN3S. The Labute approximate surface area is 105 Å². The van der Waals surface area contributed by atoms with E-state index in [0.29, 0.717) is 0 Å². The van der Waals surface area contributed by atoms with Crippen LogP contribution in [0.25, 0.3) is 10.2 Å². The van der Waals surface area contributed by atoms with E-state index in [1.54, 1.807) is 17.5 Å². The number of halogens is 1. The van der Waals surface area contributed by atoms with Crippen LogP contribution in [0.1, 0.15) is 5.56 Å². The van der Waals surface area contributed by atoms with Gasteiger partial charge in [-0.1, -0.05) is 6.07 Å². The monoisotopic (exact) mass is 293 g/mol. The minimum absolute atomic E-state index is 0.853. The molecule has 2 heterocycles. The molecule has 3 aromatic rings. The van der Waals surface area contributed by atoms with Crippen molar-refractivity contribution in [1.29, 1.82) is 0 Å². The molecule has 0 N–H and O–H groups in total. The molecule has 0 unspecified atom stereocenters. The van der Waals surface area contributed by atoms with E-state index in [9.17, 15) is 0 Å². The molecule has 0 atom stereocenters. The third-order valence-electron chi connectivity index (χ3n) is 2.35. The molecule has 0 spiro atoms. The summed E-state index contributed by atoms with van der Waals surface area (Å²) in [5, 5.41) is 0. The lowest BCUT2D eigenvalue weighted by Crippen LogP contribution is -1.95. The third-order valence-corrected chi connectivity index (χ3v) is 3.82. The Balaban J connectivity index is 1.98. The topological polar surface area (TPSA) is 30.7 Å². The summed E-state index contributed by atoms with van der Waals surface area (Å²) in [6, 6.07) is 6.34. The van der Waals surface area contributed by atoms with Crippen LogP contribution in [0.2, 0.25) is 0 Å². The van der Waals surface area contributed by atoms with E-state index in [4.69, 9.17) is 0 Å². The van der Waals surface area contributed by atoms with E-state index < -0.39 is 0 Å². The summed E-state index contributed by atoms with van der Waals surface area (Å²) in [5.74, 6) is 0. The largest absolute Gasteiger partial charge is 0.333 e. The van der Waals surface area contributed by atoms with Crippen LogP contribution in [0.15, 0.2) is 40.8 Å². The fourth-order valence-corrected chi connectivity index (χ4v) is 3.10. The van der Waals surface area contributed by atoms with Crippen molar-refractivity contribution >= 4 is 37.5 Å². The van der Waals surface area contributed by atoms with Gasteiger partial charge in [0.25, 0.3) is 0 Å². The first-order chi connectivity index (χ1) is 7.81. The van der Waals surface area contributed by atoms with Gasteiger partial charge in [-0.25, -0.2) is 9.97 Å². The molecule has 2 aromatic heterocycles. The predicted molar refractivity (Wildman–Crippen MR) is 68.6 cm³/mol. The van der Waals surface area contributed by atoms with Crippen molar-refractivity contribution in [2.24, 2.45) is 0 Å². The zero-order chi connectivity index (χ0) is 11.0. The van der Waals surface area contributed by atoms with Crippen LogP contribution in [0.3, 0.4) is 0 Å². The molecule has 0 fully saturated rings. The van der Waals surface area contributed by atoms with Crippen LogP contribution >= 0.6 is 27.3 Å². The summed E-state index contributed by atoms with van der Waals surface area (Å²) in [6.07, 6.45) is 5.58. The van der Waals surface area contributed by atoms with Crippen molar-refractivity contribution in [3.8, 4) is 0 Å². The van der Waals surface area contributed by atoms with E-state index in [0.717, 1.165) is 16.0 Å². The van der Waals surface area contributed by atoms with Gasteiger partial charge in [-0.05, 0) is 33.6 Å². The van der Waals surface area contributed by atoms with Crippen LogP contribution in [0.5, 0.6) is 0 Å². The summed E-state index contributed by atoms with van der Waals surface area (Å²) in [4.78, 5) is 8.40. The maximum atomic E-state index is 4.37. The van der Waals surface area contributed by atoms with Gasteiger partial charge in [0.15, 0.2) is 3.92 Å². The molecule has 0 amide bonds. The van der Waals surface area contributed by atoms with E-state index >= 15 is 0 Å². The lowest BCUT2D eigenvalue weighted by Gasteiger charge is -2.01. The molecule has 1 aromatic carbocycles. The van der Waals surface area contributed by atoms with Gasteiger partial charge >= 0.3 is 0 Å². The lowest BCUT2D eigenvalue weighted by atomic mass is 10.2. The number of benzene rings is 1. The number of hydrogen-bond acceptors (Lipinski definition) is 3. The molecule has 0 radical (unpaired) electrons. The van der Waals surface area contributed by atoms with Gasteiger partial charge in [0.1, 0.15) is 0 Å². The molecule has 0 aliphatic carbocycles. The Morgan fingerprint density at radius 1 is 1.38 bits per heavy atom. The molecule has 0 saturated carbocycles. The Morgan fingerprint density at radius 2 is 2.31 bits per heavy atom. The number of thiazole rings is 1. The van der Waals surface area contributed by atoms with Crippen molar-refractivity contribution in [3.05, 3.63) is 46.4 Å². The number of hydrogen-bond donors (Lipinski definition) is 0. The first kappa shape index (κ1) is 9.99. The molecule has 3 rings (SSSR count). The number of nitrogens with zero attached hydrogens (tertiary/aromatic N) is 3. The Kier molecular flexibility index (Phi) is 2.49. The molecule has 3 nitrogen and oxygen atoms in total. The normalized spacial score (nSPS) is 11.1. The van der Waals surface area contributed by atoms with Crippen molar-refractivity contribution in [2.45, 2.75) is 6.54 Å². The molecule has 80 valence electrons. The summed E-state index contributed by atoms with van der Waals surface area (Å²) < 4.78 is 4.20. The minimum atomic E-state index is 0.853. The standard InChI is InChI=1S/C11H8BrN3S/c12-11-14-9-2-1-8(5-10(9)16-11)6-15-4-3-13-7-15/h1-5,7H,6H2. The molecule has 0 saturated heterocycles. The second-order valence-corrected chi connectivity index (χ2v) is 5.81. The average Bonchev–Trinajstić information content (AvgIpc) is 2.85. The van der Waals surface area contributed by atoms with Crippen LogP contribution in [-0.4, -0.2) is 14.5 Å². The zero-order valence-corrected chi connectivity index (χ0v) is 10.7. The highest BCUT2D eigenvalue weighted by molar-refractivity contribution is 9.11. The van der Waals surface area contributed by atoms with E-state index in [-0.39, 0.29) is 0 Å². The Morgan fingerprint density at radius 3 is 3.12 bits per heavy atom. The summed E-state index contributed by atoms with van der Waals surface area (Å²) >= 11 is 5.06. The zero-order valence-electron chi connectivity index (χ0n) is 8.30. The van der Waals surface area contributed by atoms with Gasteiger partial charge in [0.05, 0.1) is 16.5 Å². The van der Waals surface area contributed by atoms with Gasteiger partial charge in [-0.3, -0.25) is 0 Å². The Bertz CT molecular complexity index is 615. The second kappa shape index (κ2) is 3.99. The lowest BCUT2D eigenvalue weighted by molar-refractivity contribution is 0.798. The van der Waals surface area contributed by atoms with E-state index in [1.165, 1.54) is 10.3 Å². The number of aromatic nitrogens is 3. The maximum Gasteiger partial charge on any atom is 0.160 e. The quantitative estimate of drug-likeness (QED) is 0.726. The third kappa shape index (κ3) is 1.88. The van der Waals surface area contributed by atoms with Crippen molar-refractivity contribution < 1.29 is 0 Å². The predicted octanol–water partition coefficient (Wildman–Crippen LogP) is 3.30. The highest BCUT2D eigenvalue weighted by Gasteiger charge is 2.02. The van der Waals surface area contributed by atoms with Crippen LogP contribution in [0, 0.1) is 0 Å². The minimum Gasteiger partial charge on any atom is -0.333 e. The fraction of sp³-hybridized carbons (Fsp3) is 0.0909. The van der Waals surface area contributed by atoms with Crippen molar-refractivity contribution in [3.63, 3.8) is 0 Å². The van der Waals surface area contributed by atoms with E-state index in [1.807, 2.05) is 12.5 Å². The van der Waals surface area contributed by atoms with Crippen LogP contribution in [0.4, 0.5) is 0 Å². The molecule has 0 aliphatic rings. The van der Waals surface area contributed by atoms with E-state index in [2.05, 4.69) is 48.7 Å². The molecule has 0 aliphatic heterocycles. The highest BCUT2D eigenvalue weighted by atomic mass is 79.9. The summed E-state index contributed by atoms with van der Waals surface area (Å²) in [6.45, 7) is 0.853. The SMILES string of the molecule is Brc1nc2ccc(Cn3ccnc3)cc2s1.